The monoisotopic (exact) mass is 485 g/mol. The third kappa shape index (κ3) is 31.4. The van der Waals surface area contributed by atoms with E-state index in [1.165, 1.54) is 146 Å². The van der Waals surface area contributed by atoms with E-state index in [0.29, 0.717) is 6.61 Å². The fourth-order valence-electron chi connectivity index (χ4n) is 4.75. The zero-order valence-electron chi connectivity index (χ0n) is 23.9. The van der Waals surface area contributed by atoms with Crippen LogP contribution in [-0.2, 0) is 4.79 Å². The van der Waals surface area contributed by atoms with Crippen molar-refractivity contribution in [3.63, 3.8) is 0 Å². The molecule has 0 saturated carbocycles. The zero-order valence-corrected chi connectivity index (χ0v) is 23.9. The summed E-state index contributed by atoms with van der Waals surface area (Å²) in [4.78, 5) is 8.89. The summed E-state index contributed by atoms with van der Waals surface area (Å²) >= 11 is 0. The normalized spacial score (nSPS) is 11.3. The standard InChI is InChI=1S/C28H60NO.C2H4O2/c1-4-6-8-10-12-14-16-18-20-22-25-29(3,27-24-28-30)26-23-21-19-17-15-13-11-9-7-5-2;1-2(3)4/h30H,4-28H2,1-3H3;1H3,(H,3,4)/q+1;/p-1. The lowest BCUT2D eigenvalue weighted by molar-refractivity contribution is -0.910. The molecule has 0 aromatic rings. The molecule has 0 radical (unpaired) electrons. The summed E-state index contributed by atoms with van der Waals surface area (Å²) in [6.45, 7) is 9.70. The van der Waals surface area contributed by atoms with Gasteiger partial charge in [0, 0.05) is 19.0 Å². The number of aliphatic carboxylic acids is 1. The van der Waals surface area contributed by atoms with Crippen LogP contribution in [0.5, 0.6) is 0 Å². The number of carboxylic acid groups (broad SMARTS) is 1. The minimum Gasteiger partial charge on any atom is -0.550 e. The number of quaternary nitrogens is 1. The second kappa shape index (κ2) is 28.6. The van der Waals surface area contributed by atoms with Crippen molar-refractivity contribution in [3.8, 4) is 0 Å². The highest BCUT2D eigenvalue weighted by atomic mass is 16.4. The van der Waals surface area contributed by atoms with E-state index < -0.39 is 5.97 Å². The van der Waals surface area contributed by atoms with Gasteiger partial charge in [0.15, 0.2) is 0 Å². The number of aliphatic hydroxyl groups excluding tert-OH is 1. The van der Waals surface area contributed by atoms with E-state index in [1.54, 1.807) is 0 Å². The highest BCUT2D eigenvalue weighted by molar-refractivity contribution is 5.60. The Morgan fingerprint density at radius 3 is 1.06 bits per heavy atom. The molecule has 4 nitrogen and oxygen atoms in total. The number of aliphatic hydroxyl groups is 1. The number of nitrogens with zero attached hydrogens (tertiary/aromatic N) is 1. The van der Waals surface area contributed by atoms with Crippen molar-refractivity contribution in [2.75, 3.05) is 33.3 Å². The molecule has 0 aliphatic carbocycles. The topological polar surface area (TPSA) is 60.4 Å². The Morgan fingerprint density at radius 2 is 0.794 bits per heavy atom. The van der Waals surface area contributed by atoms with Gasteiger partial charge in [0.1, 0.15) is 0 Å². The Hall–Kier alpha value is -0.610. The molecule has 0 bridgehead atoms. The van der Waals surface area contributed by atoms with Crippen molar-refractivity contribution in [3.05, 3.63) is 0 Å². The molecule has 0 atom stereocenters. The molecule has 0 aromatic carbocycles. The highest BCUT2D eigenvalue weighted by Crippen LogP contribution is 2.16. The lowest BCUT2D eigenvalue weighted by Crippen LogP contribution is -2.46. The lowest BCUT2D eigenvalue weighted by Gasteiger charge is -2.35. The summed E-state index contributed by atoms with van der Waals surface area (Å²) in [7, 11) is 2.44. The van der Waals surface area contributed by atoms with E-state index in [0.717, 1.165) is 19.9 Å². The smallest absolute Gasteiger partial charge is 0.0806 e. The molecule has 34 heavy (non-hydrogen) atoms. The van der Waals surface area contributed by atoms with Gasteiger partial charge < -0.3 is 19.5 Å². The predicted molar refractivity (Wildman–Crippen MR) is 147 cm³/mol. The molecule has 0 aliphatic heterocycles. The molecule has 0 aliphatic rings. The van der Waals surface area contributed by atoms with Crippen LogP contribution in [0.4, 0.5) is 0 Å². The Bertz CT molecular complexity index is 373. The summed E-state index contributed by atoms with van der Waals surface area (Å²) < 4.78 is 1.19. The number of carbonyl (C=O) groups is 1. The molecular formula is C30H63NO3. The molecular weight excluding hydrogens is 422 g/mol. The van der Waals surface area contributed by atoms with Gasteiger partial charge in [-0.1, -0.05) is 117 Å². The van der Waals surface area contributed by atoms with Gasteiger partial charge in [-0.3, -0.25) is 0 Å². The molecule has 0 saturated heterocycles. The van der Waals surface area contributed by atoms with Crippen LogP contribution in [0.2, 0.25) is 0 Å². The van der Waals surface area contributed by atoms with Crippen LogP contribution in [-0.4, -0.2) is 48.8 Å². The number of rotatable bonds is 25. The van der Waals surface area contributed by atoms with Crippen LogP contribution >= 0.6 is 0 Å². The molecule has 0 aromatic heterocycles. The van der Waals surface area contributed by atoms with Gasteiger partial charge in [-0.05, 0) is 32.6 Å². The van der Waals surface area contributed by atoms with E-state index in [-0.39, 0.29) is 0 Å². The third-order valence-corrected chi connectivity index (χ3v) is 6.96. The molecule has 0 heterocycles. The second-order valence-electron chi connectivity index (χ2n) is 10.7. The number of hydrogen-bond donors (Lipinski definition) is 1. The van der Waals surface area contributed by atoms with Crippen molar-refractivity contribution in [2.24, 2.45) is 0 Å². The average Bonchev–Trinajstić information content (AvgIpc) is 2.80. The Labute approximate surface area is 214 Å². The molecule has 0 fully saturated rings. The summed E-state index contributed by atoms with van der Waals surface area (Å²) in [5, 5.41) is 18.2. The van der Waals surface area contributed by atoms with Gasteiger partial charge in [0.05, 0.1) is 26.7 Å². The molecule has 1 N–H and O–H groups in total. The quantitative estimate of drug-likeness (QED) is 0.108. The van der Waals surface area contributed by atoms with Crippen molar-refractivity contribution < 1.29 is 19.5 Å². The molecule has 0 rings (SSSR count). The zero-order chi connectivity index (χ0) is 25.8. The number of carbonyl (C=O) groups excluding carboxylic acids is 1. The maximum atomic E-state index is 9.31. The fourth-order valence-corrected chi connectivity index (χ4v) is 4.75. The Balaban J connectivity index is 0. The van der Waals surface area contributed by atoms with Crippen LogP contribution < -0.4 is 5.11 Å². The van der Waals surface area contributed by atoms with E-state index in [4.69, 9.17) is 9.90 Å². The summed E-state index contributed by atoms with van der Waals surface area (Å²) in [5.41, 5.74) is 0. The van der Waals surface area contributed by atoms with Crippen LogP contribution in [0.1, 0.15) is 156 Å². The first-order valence-corrected chi connectivity index (χ1v) is 15.0. The van der Waals surface area contributed by atoms with Gasteiger partial charge in [0.2, 0.25) is 0 Å². The van der Waals surface area contributed by atoms with Crippen molar-refractivity contribution in [1.29, 1.82) is 0 Å². The second-order valence-corrected chi connectivity index (χ2v) is 10.7. The summed E-state index contributed by atoms with van der Waals surface area (Å²) in [6, 6.07) is 0. The van der Waals surface area contributed by atoms with E-state index in [9.17, 15) is 5.11 Å². The summed E-state index contributed by atoms with van der Waals surface area (Å²) in [6.07, 6.45) is 29.3. The van der Waals surface area contributed by atoms with Crippen LogP contribution in [0.15, 0.2) is 0 Å². The van der Waals surface area contributed by atoms with Crippen LogP contribution in [0.3, 0.4) is 0 Å². The average molecular weight is 486 g/mol. The number of carboxylic acids is 1. The van der Waals surface area contributed by atoms with Gasteiger partial charge >= 0.3 is 0 Å². The Morgan fingerprint density at radius 1 is 0.559 bits per heavy atom. The SMILES string of the molecule is CC(=O)[O-].CCCCCCCCCCCC[N+](C)(CCCO)CCCCCCCCCCCC. The number of unbranched alkanes of at least 4 members (excludes halogenated alkanes) is 18. The van der Waals surface area contributed by atoms with E-state index >= 15 is 0 Å². The minimum absolute atomic E-state index is 0.351. The summed E-state index contributed by atoms with van der Waals surface area (Å²) in [5.74, 6) is -1.08. The lowest BCUT2D eigenvalue weighted by atomic mass is 10.1. The van der Waals surface area contributed by atoms with Crippen LogP contribution in [0.25, 0.3) is 0 Å². The third-order valence-electron chi connectivity index (χ3n) is 6.96. The molecule has 0 spiro atoms. The maximum absolute atomic E-state index is 9.31. The van der Waals surface area contributed by atoms with Gasteiger partial charge in [-0.25, -0.2) is 0 Å². The first-order valence-electron chi connectivity index (χ1n) is 15.0. The Kier molecular flexibility index (Phi) is 29.9. The van der Waals surface area contributed by atoms with Crippen molar-refractivity contribution in [2.45, 2.75) is 156 Å². The van der Waals surface area contributed by atoms with Crippen molar-refractivity contribution in [1.82, 2.24) is 0 Å². The molecule has 206 valence electrons. The van der Waals surface area contributed by atoms with E-state index in [1.807, 2.05) is 0 Å². The first-order chi connectivity index (χ1) is 16.4. The van der Waals surface area contributed by atoms with Crippen molar-refractivity contribution >= 4 is 5.97 Å². The predicted octanol–water partition coefficient (Wildman–Crippen LogP) is 7.41. The maximum Gasteiger partial charge on any atom is 0.0806 e. The molecule has 4 heteroatoms. The molecule has 0 unspecified atom stereocenters. The largest absolute Gasteiger partial charge is 0.550 e. The van der Waals surface area contributed by atoms with Gasteiger partial charge in [0.25, 0.3) is 0 Å². The fraction of sp³-hybridized carbons (Fsp3) is 0.967. The van der Waals surface area contributed by atoms with Gasteiger partial charge in [-0.15, -0.1) is 0 Å². The minimum atomic E-state index is -1.08. The van der Waals surface area contributed by atoms with Crippen LogP contribution in [0, 0.1) is 0 Å². The number of hydrogen-bond acceptors (Lipinski definition) is 3. The first kappa shape index (κ1) is 35.6. The molecule has 0 amide bonds. The highest BCUT2D eigenvalue weighted by Gasteiger charge is 2.19. The van der Waals surface area contributed by atoms with E-state index in [2.05, 4.69) is 20.9 Å². The van der Waals surface area contributed by atoms with Gasteiger partial charge in [-0.2, -0.15) is 0 Å².